The van der Waals surface area contributed by atoms with Crippen LogP contribution in [0.25, 0.3) is 0 Å². The molecule has 0 N–H and O–H groups in total. The van der Waals surface area contributed by atoms with Crippen molar-refractivity contribution in [3.63, 3.8) is 0 Å². The van der Waals surface area contributed by atoms with Crippen LogP contribution >= 0.6 is 0 Å². The van der Waals surface area contributed by atoms with E-state index in [0.717, 1.165) is 0 Å². The predicted molar refractivity (Wildman–Crippen MR) is 75.0 cm³/mol. The fourth-order valence-corrected chi connectivity index (χ4v) is 6.31. The molecule has 0 aliphatic heterocycles. The third-order valence-corrected chi connectivity index (χ3v) is 7.23. The largest absolute Gasteiger partial charge is 1.00 e. The molecule has 0 aliphatic carbocycles. The van der Waals surface area contributed by atoms with Gasteiger partial charge in [-0.1, -0.05) is 0 Å². The van der Waals surface area contributed by atoms with E-state index >= 15 is 0 Å². The average Bonchev–Trinajstić information content (AvgIpc) is 2.31. The molecule has 0 aromatic heterocycles. The molecule has 84 valence electrons. The molecule has 17 heavy (non-hydrogen) atoms. The molecule has 0 saturated heterocycles. The van der Waals surface area contributed by atoms with Gasteiger partial charge in [-0.05, 0) is 0 Å². The van der Waals surface area contributed by atoms with E-state index in [9.17, 15) is 0 Å². The van der Waals surface area contributed by atoms with Crippen LogP contribution in [0.15, 0.2) is 60.7 Å². The van der Waals surface area contributed by atoms with Crippen LogP contribution in [0.5, 0.6) is 0 Å². The number of para-hydroxylation sites is 2. The van der Waals surface area contributed by atoms with Gasteiger partial charge in [0.2, 0.25) is 0 Å². The molecule has 2 rings (SSSR count). The maximum Gasteiger partial charge on any atom is 1.00 e. The Kier molecular flexibility index (Phi) is 6.63. The molecule has 0 atom stereocenters. The molecule has 3 heteroatoms. The zero-order valence-electron chi connectivity index (χ0n) is 11.8. The molecule has 0 unspecified atom stereocenters. The molecule has 2 aromatic rings. The van der Waals surface area contributed by atoms with Crippen molar-refractivity contribution in [1.29, 1.82) is 0 Å². The SMILES string of the molecule is [CH3][SnH]([CH3])[N](c1ccccc1)c1ccccc1.[H-].[Na+]. The summed E-state index contributed by atoms with van der Waals surface area (Å²) in [6.07, 6.45) is 0. The van der Waals surface area contributed by atoms with Crippen LogP contribution in [0, 0.1) is 0 Å². The van der Waals surface area contributed by atoms with E-state index < -0.39 is 20.0 Å². The quantitative estimate of drug-likeness (QED) is 0.751. The van der Waals surface area contributed by atoms with Crippen molar-refractivity contribution in [2.75, 3.05) is 3.12 Å². The Hall–Kier alpha value is 0.0387. The first-order valence-corrected chi connectivity index (χ1v) is 13.7. The zero-order chi connectivity index (χ0) is 11.4. The molecule has 0 saturated carbocycles. The van der Waals surface area contributed by atoms with E-state index in [0.29, 0.717) is 0 Å². The van der Waals surface area contributed by atoms with Crippen molar-refractivity contribution in [2.45, 2.75) is 9.88 Å². The molecule has 1 nitrogen and oxygen atoms in total. The van der Waals surface area contributed by atoms with E-state index in [-0.39, 0.29) is 31.0 Å². The van der Waals surface area contributed by atoms with Gasteiger partial charge in [0.15, 0.2) is 0 Å². The third-order valence-electron chi connectivity index (χ3n) is 2.59. The van der Waals surface area contributed by atoms with Crippen molar-refractivity contribution in [2.24, 2.45) is 0 Å². The van der Waals surface area contributed by atoms with Gasteiger partial charge >= 0.3 is 135 Å². The number of anilines is 2. The van der Waals surface area contributed by atoms with Crippen molar-refractivity contribution >= 4 is 31.4 Å². The van der Waals surface area contributed by atoms with Gasteiger partial charge in [0, 0.05) is 0 Å². The first-order chi connectivity index (χ1) is 7.79. The second-order valence-electron chi connectivity index (χ2n) is 4.13. The van der Waals surface area contributed by atoms with Crippen LogP contribution in [0.2, 0.25) is 9.88 Å². The van der Waals surface area contributed by atoms with Gasteiger partial charge in [-0.25, -0.2) is 0 Å². The normalized spacial score (nSPS) is 9.82. The summed E-state index contributed by atoms with van der Waals surface area (Å²) >= 11 is -1.60. The Balaban J connectivity index is 0.00000144. The second kappa shape index (κ2) is 7.47. The van der Waals surface area contributed by atoms with E-state index in [1.165, 1.54) is 11.4 Å². The summed E-state index contributed by atoms with van der Waals surface area (Å²) in [5.41, 5.74) is 2.67. The predicted octanol–water partition coefficient (Wildman–Crippen LogP) is 0.925. The molecule has 0 aliphatic rings. The van der Waals surface area contributed by atoms with Crippen LogP contribution < -0.4 is 32.7 Å². The first kappa shape index (κ1) is 15.1. The summed E-state index contributed by atoms with van der Waals surface area (Å²) in [6, 6.07) is 21.4. The average molecular weight is 342 g/mol. The number of rotatable bonds is 3. The molecule has 0 fully saturated rings. The Morgan fingerprint density at radius 2 is 1.12 bits per heavy atom. The summed E-state index contributed by atoms with van der Waals surface area (Å²) in [4.78, 5) is 4.84. The topological polar surface area (TPSA) is 3.24 Å². The fourth-order valence-electron chi connectivity index (χ4n) is 1.92. The van der Waals surface area contributed by atoms with E-state index in [2.05, 4.69) is 73.7 Å². The number of nitrogens with zero attached hydrogens (tertiary/aromatic N) is 1. The molecule has 0 bridgehead atoms. The van der Waals surface area contributed by atoms with Crippen LogP contribution in [0.4, 0.5) is 11.4 Å². The van der Waals surface area contributed by atoms with E-state index in [4.69, 9.17) is 0 Å². The summed E-state index contributed by atoms with van der Waals surface area (Å²) in [6.45, 7) is 0. The smallest absolute Gasteiger partial charge is 1.00 e. The monoisotopic (exact) mass is 343 g/mol. The second-order valence-corrected chi connectivity index (χ2v) is 11.9. The number of hydrogen-bond acceptors (Lipinski definition) is 1. The fraction of sp³-hybridized carbons (Fsp3) is 0.143. The summed E-state index contributed by atoms with van der Waals surface area (Å²) < 4.78 is 2.54. The Bertz CT molecular complexity index is 397. The Morgan fingerprint density at radius 3 is 1.41 bits per heavy atom. The Labute approximate surface area is 135 Å². The molecule has 0 heterocycles. The molecule has 0 amide bonds. The van der Waals surface area contributed by atoms with Gasteiger partial charge in [-0.15, -0.1) is 0 Å². The van der Waals surface area contributed by atoms with Crippen LogP contribution in [0.3, 0.4) is 0 Å². The molecule has 2 aromatic carbocycles. The van der Waals surface area contributed by atoms with Gasteiger partial charge in [-0.2, -0.15) is 0 Å². The third kappa shape index (κ3) is 4.02. The summed E-state index contributed by atoms with van der Waals surface area (Å²) in [7, 11) is 0. The molecular weight excluding hydrogens is 324 g/mol. The van der Waals surface area contributed by atoms with Crippen LogP contribution in [-0.4, -0.2) is 20.0 Å². The summed E-state index contributed by atoms with van der Waals surface area (Å²) in [5.74, 6) is 0. The number of benzene rings is 2. The molecule has 0 spiro atoms. The maximum absolute atomic E-state index is 2.54. The zero-order valence-corrected chi connectivity index (χ0v) is 16.1. The number of hydrogen-bond donors (Lipinski definition) is 0. The standard InChI is InChI=1S/C12H10N.2CH3.Na.Sn.2H/c1-3-7-11(8-4-1)13-12-9-5-2-6-10-12;;;;;;/h1-10H;2*1H3;;;;/q-1;;;2*+1;;-1. The van der Waals surface area contributed by atoms with Crippen molar-refractivity contribution < 1.29 is 31.0 Å². The van der Waals surface area contributed by atoms with Crippen LogP contribution in [-0.2, 0) is 0 Å². The minimum absolute atomic E-state index is 0. The first-order valence-electron chi connectivity index (χ1n) is 5.68. The minimum Gasteiger partial charge on any atom is -1.00 e. The maximum atomic E-state index is 2.54. The summed E-state index contributed by atoms with van der Waals surface area (Å²) in [5, 5.41) is 0. The minimum atomic E-state index is -1.60. The van der Waals surface area contributed by atoms with Crippen LogP contribution in [0.1, 0.15) is 1.43 Å². The molecular formula is C14H18NNaSn. The van der Waals surface area contributed by atoms with E-state index in [1.54, 1.807) is 0 Å². The molecule has 0 radical (unpaired) electrons. The van der Waals surface area contributed by atoms with Crippen molar-refractivity contribution in [1.82, 2.24) is 0 Å². The van der Waals surface area contributed by atoms with Crippen molar-refractivity contribution in [3.05, 3.63) is 60.7 Å². The van der Waals surface area contributed by atoms with Gasteiger partial charge in [0.1, 0.15) is 0 Å². The van der Waals surface area contributed by atoms with Crippen molar-refractivity contribution in [3.8, 4) is 0 Å². The van der Waals surface area contributed by atoms with Gasteiger partial charge in [0.05, 0.1) is 0 Å². The van der Waals surface area contributed by atoms with E-state index in [1.807, 2.05) is 0 Å². The van der Waals surface area contributed by atoms with Gasteiger partial charge in [-0.3, -0.25) is 0 Å². The van der Waals surface area contributed by atoms with Gasteiger partial charge in [0.25, 0.3) is 0 Å². The van der Waals surface area contributed by atoms with Gasteiger partial charge < -0.3 is 1.43 Å². The Morgan fingerprint density at radius 1 is 0.765 bits per heavy atom.